The zero-order valence-corrected chi connectivity index (χ0v) is 18.6. The van der Waals surface area contributed by atoms with Crippen molar-refractivity contribution >= 4 is 15.9 Å². The second kappa shape index (κ2) is 10.7. The third-order valence-corrected chi connectivity index (χ3v) is 7.08. The molecule has 6 nitrogen and oxygen atoms in total. The predicted molar refractivity (Wildman–Crippen MR) is 123 cm³/mol. The Labute approximate surface area is 189 Å². The maximum atomic E-state index is 12.8. The lowest BCUT2D eigenvalue weighted by atomic mass is 9.88. The summed E-state index contributed by atoms with van der Waals surface area (Å²) in [7, 11) is -2.62. The topological polar surface area (TPSA) is 90.3 Å². The molecule has 164 valence electrons. The van der Waals surface area contributed by atoms with Crippen molar-refractivity contribution in [2.75, 3.05) is 20.1 Å². The first-order valence-electron chi connectivity index (χ1n) is 10.3. The normalized spacial score (nSPS) is 11.3. The Hall–Kier alpha value is -3.47. The molecule has 0 aliphatic rings. The van der Waals surface area contributed by atoms with E-state index in [0.29, 0.717) is 13.0 Å². The van der Waals surface area contributed by atoms with Gasteiger partial charge in [-0.25, -0.2) is 8.42 Å². The number of hydrogen-bond acceptors (Lipinski definition) is 4. The first-order chi connectivity index (χ1) is 15.4. The van der Waals surface area contributed by atoms with Crippen molar-refractivity contribution < 1.29 is 13.2 Å². The highest BCUT2D eigenvalue weighted by Gasteiger charge is 2.25. The van der Waals surface area contributed by atoms with E-state index in [-0.39, 0.29) is 22.9 Å². The fourth-order valence-electron chi connectivity index (χ4n) is 3.55. The fourth-order valence-corrected chi connectivity index (χ4v) is 4.81. The number of nitrogens with zero attached hydrogens (tertiary/aromatic N) is 2. The van der Waals surface area contributed by atoms with E-state index >= 15 is 0 Å². The van der Waals surface area contributed by atoms with Gasteiger partial charge in [-0.2, -0.15) is 9.57 Å². The van der Waals surface area contributed by atoms with Gasteiger partial charge in [0, 0.05) is 19.5 Å². The van der Waals surface area contributed by atoms with Crippen molar-refractivity contribution in [3.63, 3.8) is 0 Å². The number of benzene rings is 3. The lowest BCUT2D eigenvalue weighted by molar-refractivity contribution is -0.121. The average Bonchev–Trinajstić information content (AvgIpc) is 2.82. The van der Waals surface area contributed by atoms with Crippen molar-refractivity contribution in [3.8, 4) is 6.07 Å². The van der Waals surface area contributed by atoms with Crippen LogP contribution in [-0.4, -0.2) is 38.8 Å². The van der Waals surface area contributed by atoms with Crippen LogP contribution in [0.1, 0.15) is 29.0 Å². The van der Waals surface area contributed by atoms with Gasteiger partial charge in [0.2, 0.25) is 15.9 Å². The summed E-state index contributed by atoms with van der Waals surface area (Å²) in [5, 5.41) is 12.0. The molecule has 3 aromatic rings. The number of nitrogens with one attached hydrogen (secondary N) is 1. The van der Waals surface area contributed by atoms with E-state index in [0.717, 1.165) is 15.4 Å². The van der Waals surface area contributed by atoms with E-state index < -0.39 is 15.9 Å². The molecular weight excluding hydrogens is 422 g/mol. The lowest BCUT2D eigenvalue weighted by Crippen LogP contribution is -2.39. The van der Waals surface area contributed by atoms with Crippen LogP contribution in [0.25, 0.3) is 0 Å². The molecule has 3 rings (SSSR count). The minimum atomic E-state index is -3.95. The Morgan fingerprint density at radius 2 is 1.47 bits per heavy atom. The van der Waals surface area contributed by atoms with Crippen LogP contribution in [0.4, 0.5) is 0 Å². The molecule has 0 saturated carbocycles. The molecule has 0 spiro atoms. The Morgan fingerprint density at radius 1 is 0.938 bits per heavy atom. The molecule has 0 radical (unpaired) electrons. The Bertz CT molecular complexity index is 1150. The molecule has 1 amide bonds. The van der Waals surface area contributed by atoms with Gasteiger partial charge in [-0.1, -0.05) is 72.8 Å². The number of carbonyl (C=O) groups excluding carboxylic acids is 1. The molecule has 0 heterocycles. The highest BCUT2D eigenvalue weighted by molar-refractivity contribution is 7.89. The standard InChI is InChI=1S/C25H25N3O3S/c1-28(32(30,31)24-15-9-8-14-22(24)18-26)19-25(29)27-17-16-23(20-10-4-2-5-11-20)21-12-6-3-7-13-21/h2-15,23H,16-17,19H2,1H3,(H,27,29). The maximum Gasteiger partial charge on any atom is 0.244 e. The van der Waals surface area contributed by atoms with E-state index in [1.165, 1.54) is 19.2 Å². The van der Waals surface area contributed by atoms with Crippen molar-refractivity contribution in [1.29, 1.82) is 5.26 Å². The number of nitriles is 1. The second-order valence-electron chi connectivity index (χ2n) is 7.38. The highest BCUT2D eigenvalue weighted by atomic mass is 32.2. The van der Waals surface area contributed by atoms with Gasteiger partial charge in [0.05, 0.1) is 17.0 Å². The Balaban J connectivity index is 1.63. The number of amides is 1. The summed E-state index contributed by atoms with van der Waals surface area (Å²) in [4.78, 5) is 12.4. The summed E-state index contributed by atoms with van der Waals surface area (Å²) in [5.41, 5.74) is 2.36. The first kappa shape index (κ1) is 23.2. The number of sulfonamides is 1. The van der Waals surface area contributed by atoms with E-state index in [1.54, 1.807) is 12.1 Å². The molecule has 7 heteroatoms. The average molecular weight is 448 g/mol. The van der Waals surface area contributed by atoms with Crippen LogP contribution in [0, 0.1) is 11.3 Å². The van der Waals surface area contributed by atoms with E-state index in [4.69, 9.17) is 0 Å². The molecule has 0 fully saturated rings. The predicted octanol–water partition coefficient (Wildman–Crippen LogP) is 3.52. The number of rotatable bonds is 9. The van der Waals surface area contributed by atoms with E-state index in [1.807, 2.05) is 42.5 Å². The van der Waals surface area contributed by atoms with Crippen LogP contribution in [0.5, 0.6) is 0 Å². The van der Waals surface area contributed by atoms with Crippen molar-refractivity contribution in [2.45, 2.75) is 17.2 Å². The van der Waals surface area contributed by atoms with Gasteiger partial charge in [0.25, 0.3) is 0 Å². The molecule has 0 aliphatic heterocycles. The largest absolute Gasteiger partial charge is 0.355 e. The van der Waals surface area contributed by atoms with Crippen LogP contribution in [0.3, 0.4) is 0 Å². The summed E-state index contributed by atoms with van der Waals surface area (Å²) in [6, 6.07) is 28.0. The number of hydrogen-bond donors (Lipinski definition) is 1. The zero-order valence-electron chi connectivity index (χ0n) is 17.8. The van der Waals surface area contributed by atoms with Crippen molar-refractivity contribution in [1.82, 2.24) is 9.62 Å². The van der Waals surface area contributed by atoms with Crippen LogP contribution >= 0.6 is 0 Å². The molecule has 3 aromatic carbocycles. The molecule has 32 heavy (non-hydrogen) atoms. The SMILES string of the molecule is CN(CC(=O)NCCC(c1ccccc1)c1ccccc1)S(=O)(=O)c1ccccc1C#N. The summed E-state index contributed by atoms with van der Waals surface area (Å²) in [6.45, 7) is 0.0688. The van der Waals surface area contributed by atoms with Crippen molar-refractivity contribution in [2.24, 2.45) is 0 Å². The van der Waals surface area contributed by atoms with Crippen LogP contribution < -0.4 is 5.32 Å². The van der Waals surface area contributed by atoms with Gasteiger partial charge in [-0.3, -0.25) is 4.79 Å². The van der Waals surface area contributed by atoms with Crippen molar-refractivity contribution in [3.05, 3.63) is 102 Å². The van der Waals surface area contributed by atoms with Gasteiger partial charge in [-0.15, -0.1) is 0 Å². The maximum absolute atomic E-state index is 12.8. The van der Waals surface area contributed by atoms with E-state index in [9.17, 15) is 18.5 Å². The smallest absolute Gasteiger partial charge is 0.244 e. The lowest BCUT2D eigenvalue weighted by Gasteiger charge is -2.20. The summed E-state index contributed by atoms with van der Waals surface area (Å²) >= 11 is 0. The summed E-state index contributed by atoms with van der Waals surface area (Å²) < 4.78 is 26.6. The number of carbonyl (C=O) groups is 1. The highest BCUT2D eigenvalue weighted by Crippen LogP contribution is 2.27. The molecular formula is C25H25N3O3S. The quantitative estimate of drug-likeness (QED) is 0.543. The van der Waals surface area contributed by atoms with Gasteiger partial charge in [0.1, 0.15) is 6.07 Å². The molecule has 0 aromatic heterocycles. The van der Waals surface area contributed by atoms with Crippen LogP contribution in [0.15, 0.2) is 89.8 Å². The molecule has 0 saturated heterocycles. The van der Waals surface area contributed by atoms with Crippen LogP contribution in [0.2, 0.25) is 0 Å². The first-order valence-corrected chi connectivity index (χ1v) is 11.7. The summed E-state index contributed by atoms with van der Waals surface area (Å²) in [6.07, 6.45) is 0.674. The summed E-state index contributed by atoms with van der Waals surface area (Å²) in [5.74, 6) is -0.285. The van der Waals surface area contributed by atoms with Gasteiger partial charge in [-0.05, 0) is 29.7 Å². The van der Waals surface area contributed by atoms with Gasteiger partial charge in [0.15, 0.2) is 0 Å². The fraction of sp³-hybridized carbons (Fsp3) is 0.200. The molecule has 0 bridgehead atoms. The molecule has 0 unspecified atom stereocenters. The molecule has 0 aliphatic carbocycles. The minimum Gasteiger partial charge on any atom is -0.355 e. The minimum absolute atomic E-state index is 0.0494. The zero-order chi connectivity index (χ0) is 23.0. The monoisotopic (exact) mass is 447 g/mol. The Kier molecular flexibility index (Phi) is 7.77. The van der Waals surface area contributed by atoms with Crippen LogP contribution in [-0.2, 0) is 14.8 Å². The third-order valence-electron chi connectivity index (χ3n) is 5.22. The molecule has 1 N–H and O–H groups in total. The number of likely N-dealkylation sites (N-methyl/N-ethyl adjacent to an activating group) is 1. The molecule has 0 atom stereocenters. The second-order valence-corrected chi connectivity index (χ2v) is 9.39. The van der Waals surface area contributed by atoms with Gasteiger partial charge >= 0.3 is 0 Å². The Morgan fingerprint density at radius 3 is 2.03 bits per heavy atom. The van der Waals surface area contributed by atoms with E-state index in [2.05, 4.69) is 29.6 Å². The van der Waals surface area contributed by atoms with Gasteiger partial charge < -0.3 is 5.32 Å². The third kappa shape index (κ3) is 5.61.